The minimum atomic E-state index is -3.72. The highest BCUT2D eigenvalue weighted by atomic mass is 35.5. The van der Waals surface area contributed by atoms with Crippen molar-refractivity contribution in [3.8, 4) is 0 Å². The monoisotopic (exact) mass is 1060 g/mol. The molecule has 2 aliphatic rings. The number of fused-ring (bicyclic) bond motifs is 2. The Bertz CT molecular complexity index is 2430. The number of nitrogens with one attached hydrogen (secondary N) is 2. The Labute approximate surface area is 428 Å². The quantitative estimate of drug-likeness (QED) is 0.0537. The van der Waals surface area contributed by atoms with Crippen LogP contribution < -0.4 is 10.0 Å². The zero-order chi connectivity index (χ0) is 50.3. The first-order valence-electron chi connectivity index (χ1n) is 23.7. The summed E-state index contributed by atoms with van der Waals surface area (Å²) in [5, 5.41) is 4.64. The summed E-state index contributed by atoms with van der Waals surface area (Å²) in [5.74, 6) is -0.217. The first kappa shape index (κ1) is 55.8. The number of benzene rings is 4. The fourth-order valence-corrected chi connectivity index (χ4v) is 12.0. The lowest BCUT2D eigenvalue weighted by molar-refractivity contribution is -0.125. The molecule has 0 saturated heterocycles. The summed E-state index contributed by atoms with van der Waals surface area (Å²) in [6, 6.07) is 21.7. The second-order valence-electron chi connectivity index (χ2n) is 17.9. The number of nitrogens with zero attached hydrogens (tertiary/aromatic N) is 2. The van der Waals surface area contributed by atoms with Crippen LogP contribution in [0.15, 0.2) is 82.6 Å². The van der Waals surface area contributed by atoms with Gasteiger partial charge in [-0.25, -0.2) is 21.6 Å². The van der Waals surface area contributed by atoms with Crippen molar-refractivity contribution < 1.29 is 45.4 Å². The van der Waals surface area contributed by atoms with Crippen molar-refractivity contribution in [2.24, 2.45) is 0 Å². The van der Waals surface area contributed by atoms with Crippen LogP contribution in [0.25, 0.3) is 0 Å². The van der Waals surface area contributed by atoms with Crippen molar-refractivity contribution in [1.29, 1.82) is 0 Å². The summed E-state index contributed by atoms with van der Waals surface area (Å²) >= 11 is 19.2. The van der Waals surface area contributed by atoms with Crippen LogP contribution in [0.2, 0.25) is 15.1 Å². The van der Waals surface area contributed by atoms with Crippen molar-refractivity contribution in [2.45, 2.75) is 73.7 Å². The molecule has 0 fully saturated rings. The molecule has 0 aromatic heterocycles. The second kappa shape index (κ2) is 27.0. The van der Waals surface area contributed by atoms with Crippen molar-refractivity contribution in [3.05, 3.63) is 127 Å². The lowest BCUT2D eigenvalue weighted by Gasteiger charge is -2.34. The van der Waals surface area contributed by atoms with Gasteiger partial charge < -0.3 is 34.1 Å². The minimum Gasteiger partial charge on any atom is -0.379 e. The molecule has 2 aliphatic heterocycles. The van der Waals surface area contributed by atoms with Gasteiger partial charge in [-0.2, -0.15) is 0 Å². The van der Waals surface area contributed by atoms with E-state index in [1.807, 2.05) is 49.5 Å². The van der Waals surface area contributed by atoms with Crippen LogP contribution in [-0.4, -0.2) is 137 Å². The lowest BCUT2D eigenvalue weighted by Crippen LogP contribution is -2.31. The third-order valence-electron chi connectivity index (χ3n) is 12.4. The molecule has 0 saturated carbocycles. The number of rotatable bonds is 28. The van der Waals surface area contributed by atoms with Gasteiger partial charge in [0.25, 0.3) is 0 Å². The molecular formula is C51H65Cl3N4O10S2. The second-order valence-corrected chi connectivity index (χ2v) is 23.1. The summed E-state index contributed by atoms with van der Waals surface area (Å²) in [5.41, 5.74) is 7.71. The summed E-state index contributed by atoms with van der Waals surface area (Å²) in [6.07, 6.45) is 1.35. The largest absolute Gasteiger partial charge is 0.379 e. The number of Topliss-reactive ketones (excluding diaryl/α,β-unsaturated/α-hetero) is 1. The highest BCUT2D eigenvalue weighted by molar-refractivity contribution is 7.91. The molecule has 1 amide bonds. The van der Waals surface area contributed by atoms with Gasteiger partial charge in [-0.15, -0.1) is 0 Å². The number of amides is 1. The lowest BCUT2D eigenvalue weighted by atomic mass is 9.83. The Kier molecular flexibility index (Phi) is 21.5. The van der Waals surface area contributed by atoms with Crippen LogP contribution in [0.5, 0.6) is 0 Å². The van der Waals surface area contributed by atoms with Crippen LogP contribution in [0.3, 0.4) is 0 Å². The Morgan fingerprint density at radius 3 is 1.74 bits per heavy atom. The molecule has 4 aromatic rings. The average Bonchev–Trinajstić information content (AvgIpc) is 3.32. The Morgan fingerprint density at radius 1 is 0.614 bits per heavy atom. The minimum absolute atomic E-state index is 0.0194. The van der Waals surface area contributed by atoms with E-state index >= 15 is 0 Å². The molecular weight excluding hydrogens is 999 g/mol. The van der Waals surface area contributed by atoms with Crippen LogP contribution >= 0.6 is 34.8 Å². The first-order chi connectivity index (χ1) is 33.5. The third kappa shape index (κ3) is 16.5. The van der Waals surface area contributed by atoms with E-state index in [-0.39, 0.29) is 105 Å². The molecule has 4 aromatic carbocycles. The van der Waals surface area contributed by atoms with Gasteiger partial charge in [0, 0.05) is 98.6 Å². The van der Waals surface area contributed by atoms with Crippen LogP contribution in [-0.2, 0) is 61.5 Å². The molecule has 14 nitrogen and oxygen atoms in total. The number of hydrogen-bond acceptors (Lipinski definition) is 12. The van der Waals surface area contributed by atoms with Crippen molar-refractivity contribution in [1.82, 2.24) is 19.8 Å². The standard InChI is InChI=1S/C51H65Cl3N4O10S2/c1-36-28-39(52)29-44-46(36)32-57(2)33-47(44)38-9-14-43(15-10-38)70(63,64)56-18-22-68-26-23-65-19-4-6-41(59)11-16-51(60)55-17-21-67-25-24-66-20-5-27-69(61,62)42-12-7-37(8-13-42)48-34-58(3)35-49-45(48)30-40(53)31-50(49)54/h7-10,12-15,28-31,47-48,56H,4-6,11,16-27,32-35H2,1-3H3,(H,55,60)/t47-,48-/m0/s1. The van der Waals surface area contributed by atoms with Gasteiger partial charge in [-0.05, 0) is 121 Å². The number of carbonyl (C=O) groups excluding carboxylic acids is 2. The fraction of sp³-hybridized carbons (Fsp3) is 0.490. The Hall–Kier alpha value is -3.49. The van der Waals surface area contributed by atoms with E-state index < -0.39 is 19.9 Å². The molecule has 0 spiro atoms. The average molecular weight is 1060 g/mol. The van der Waals surface area contributed by atoms with E-state index in [0.717, 1.165) is 54.0 Å². The molecule has 382 valence electrons. The highest BCUT2D eigenvalue weighted by Gasteiger charge is 2.29. The van der Waals surface area contributed by atoms with Crippen molar-refractivity contribution >= 4 is 66.4 Å². The summed E-state index contributed by atoms with van der Waals surface area (Å²) in [7, 11) is -3.11. The summed E-state index contributed by atoms with van der Waals surface area (Å²) < 4.78 is 76.7. The number of halogens is 3. The van der Waals surface area contributed by atoms with E-state index in [1.165, 1.54) is 11.1 Å². The SMILES string of the molecule is Cc1cc(Cl)cc2c1CN(C)C[C@H]2c1ccc(S(=O)(=O)NCCOCCOCCCC(=O)CCC(=O)NCCOCCOCCCS(=O)(=O)c2ccc([C@@H]3CN(C)Cc4c(Cl)cc(Cl)cc43)cc2)cc1. The molecule has 2 atom stereocenters. The number of ketones is 1. The van der Waals surface area contributed by atoms with Crippen molar-refractivity contribution in [3.63, 3.8) is 0 Å². The maximum Gasteiger partial charge on any atom is 0.240 e. The first-order valence-corrected chi connectivity index (χ1v) is 27.9. The van der Waals surface area contributed by atoms with Crippen LogP contribution in [0.4, 0.5) is 0 Å². The normalized spacial score (nSPS) is 16.5. The molecule has 19 heteroatoms. The molecule has 0 aliphatic carbocycles. The number of sulfonamides is 1. The topological polar surface area (TPSA) is 170 Å². The molecule has 0 bridgehead atoms. The van der Waals surface area contributed by atoms with Gasteiger partial charge in [-0.1, -0.05) is 59.1 Å². The predicted octanol–water partition coefficient (Wildman–Crippen LogP) is 7.56. The van der Waals surface area contributed by atoms with Crippen molar-refractivity contribution in [2.75, 3.05) is 98.9 Å². The van der Waals surface area contributed by atoms with E-state index in [1.54, 1.807) is 30.3 Å². The third-order valence-corrected chi connectivity index (χ3v) is 16.5. The van der Waals surface area contributed by atoms with E-state index in [9.17, 15) is 26.4 Å². The number of hydrogen-bond donors (Lipinski definition) is 2. The Balaban J connectivity index is 0.727. The molecule has 70 heavy (non-hydrogen) atoms. The number of likely N-dealkylation sites (N-methyl/N-ethyl adjacent to an activating group) is 2. The van der Waals surface area contributed by atoms with Gasteiger partial charge in [0.2, 0.25) is 15.9 Å². The van der Waals surface area contributed by atoms with Gasteiger partial charge in [0.1, 0.15) is 5.78 Å². The maximum atomic E-state index is 13.0. The molecule has 0 radical (unpaired) electrons. The van der Waals surface area contributed by atoms with Gasteiger partial charge in [0.15, 0.2) is 9.84 Å². The van der Waals surface area contributed by atoms with Crippen LogP contribution in [0.1, 0.15) is 82.9 Å². The zero-order valence-electron chi connectivity index (χ0n) is 40.2. The molecule has 0 unspecified atom stereocenters. The maximum absolute atomic E-state index is 13.0. The van der Waals surface area contributed by atoms with Gasteiger partial charge in [0.05, 0.1) is 55.2 Å². The zero-order valence-corrected chi connectivity index (χ0v) is 44.1. The number of aryl methyl sites for hydroxylation is 1. The number of carbonyl (C=O) groups is 2. The van der Waals surface area contributed by atoms with Crippen LogP contribution in [0, 0.1) is 6.92 Å². The van der Waals surface area contributed by atoms with Gasteiger partial charge >= 0.3 is 0 Å². The number of ether oxygens (including phenoxy) is 4. The molecule has 2 N–H and O–H groups in total. The Morgan fingerprint density at radius 2 is 1.13 bits per heavy atom. The fourth-order valence-electron chi connectivity index (χ4n) is 8.82. The highest BCUT2D eigenvalue weighted by Crippen LogP contribution is 2.39. The van der Waals surface area contributed by atoms with E-state index in [0.29, 0.717) is 47.5 Å². The van der Waals surface area contributed by atoms with Gasteiger partial charge in [-0.3, -0.25) is 9.59 Å². The number of sulfone groups is 1. The predicted molar refractivity (Wildman–Crippen MR) is 274 cm³/mol. The van der Waals surface area contributed by atoms with E-state index in [4.69, 9.17) is 53.8 Å². The summed E-state index contributed by atoms with van der Waals surface area (Å²) in [4.78, 5) is 29.4. The molecule has 6 rings (SSSR count). The summed E-state index contributed by atoms with van der Waals surface area (Å²) in [6.45, 7) is 7.80. The van der Waals surface area contributed by atoms with E-state index in [2.05, 4.69) is 33.8 Å². The molecule has 2 heterocycles. The smallest absolute Gasteiger partial charge is 0.240 e.